The zero-order chi connectivity index (χ0) is 17.0. The van der Waals surface area contributed by atoms with Crippen molar-refractivity contribution in [3.05, 3.63) is 39.5 Å². The average molecular weight is 421 g/mol. The van der Waals surface area contributed by atoms with Gasteiger partial charge < -0.3 is 0 Å². The molecule has 0 aliphatic heterocycles. The third-order valence-electron chi connectivity index (χ3n) is 4.89. The molecule has 128 valence electrons. The SMILES string of the molecule is CCC[CH2][Sn]([CH2]CCC)([CH2]CCC)/[C](C=O)=C\c1ccccc1. The molecule has 1 aromatic carbocycles. The fourth-order valence-electron chi connectivity index (χ4n) is 3.39. The molecule has 1 rings (SSSR count). The van der Waals surface area contributed by atoms with Crippen LogP contribution in [0.4, 0.5) is 0 Å². The van der Waals surface area contributed by atoms with Crippen molar-refractivity contribution in [1.29, 1.82) is 0 Å². The van der Waals surface area contributed by atoms with Crippen LogP contribution in [0.15, 0.2) is 33.9 Å². The summed E-state index contributed by atoms with van der Waals surface area (Å²) in [5, 5.41) is 0. The summed E-state index contributed by atoms with van der Waals surface area (Å²) in [6.45, 7) is 6.83. The summed E-state index contributed by atoms with van der Waals surface area (Å²) in [6, 6.07) is 10.4. The van der Waals surface area contributed by atoms with Gasteiger partial charge in [0, 0.05) is 0 Å². The first-order valence-electron chi connectivity index (χ1n) is 9.44. The molecule has 1 aromatic rings. The Morgan fingerprint density at radius 3 is 1.74 bits per heavy atom. The molecule has 23 heavy (non-hydrogen) atoms. The van der Waals surface area contributed by atoms with Crippen LogP contribution in [0.2, 0.25) is 13.3 Å². The van der Waals surface area contributed by atoms with Gasteiger partial charge in [-0.25, -0.2) is 0 Å². The number of carbonyl (C=O) groups excluding carboxylic acids is 1. The van der Waals surface area contributed by atoms with E-state index in [1.807, 2.05) is 6.07 Å². The number of carbonyl (C=O) groups is 1. The number of rotatable bonds is 12. The van der Waals surface area contributed by atoms with Gasteiger partial charge in [-0.2, -0.15) is 0 Å². The molecule has 2 heteroatoms. The van der Waals surface area contributed by atoms with Crippen LogP contribution in [-0.4, -0.2) is 24.7 Å². The normalized spacial score (nSPS) is 12.4. The van der Waals surface area contributed by atoms with Gasteiger partial charge in [0.25, 0.3) is 0 Å². The predicted molar refractivity (Wildman–Crippen MR) is 105 cm³/mol. The Bertz CT molecular complexity index is 442. The molecule has 0 bridgehead atoms. The molecule has 0 fully saturated rings. The van der Waals surface area contributed by atoms with Gasteiger partial charge in [0.2, 0.25) is 0 Å². The van der Waals surface area contributed by atoms with Gasteiger partial charge in [-0.05, 0) is 0 Å². The maximum absolute atomic E-state index is 12.0. The van der Waals surface area contributed by atoms with Crippen molar-refractivity contribution in [2.45, 2.75) is 72.6 Å². The van der Waals surface area contributed by atoms with Crippen molar-refractivity contribution >= 4 is 30.7 Å². The molecular formula is C21H34OSn. The van der Waals surface area contributed by atoms with Gasteiger partial charge in [-0.3, -0.25) is 0 Å². The number of hydrogen-bond acceptors (Lipinski definition) is 1. The number of allylic oxidation sites excluding steroid dienone is 1. The quantitative estimate of drug-likeness (QED) is 0.210. The van der Waals surface area contributed by atoms with E-state index in [-0.39, 0.29) is 0 Å². The number of hydrogen-bond donors (Lipinski definition) is 0. The van der Waals surface area contributed by atoms with Crippen molar-refractivity contribution in [2.24, 2.45) is 0 Å². The van der Waals surface area contributed by atoms with Crippen LogP contribution >= 0.6 is 0 Å². The van der Waals surface area contributed by atoms with Gasteiger partial charge in [0.1, 0.15) is 0 Å². The Morgan fingerprint density at radius 1 is 0.870 bits per heavy atom. The molecular weight excluding hydrogens is 387 g/mol. The molecule has 0 heterocycles. The van der Waals surface area contributed by atoms with Gasteiger partial charge in [-0.15, -0.1) is 0 Å². The standard InChI is InChI=1S/C9H7O.3C4H9.Sn/c10-8-4-7-9-5-2-1-3-6-9;3*1-3-4-2;/h1-3,5-8H;3*1,3-4H2,2H3;. The van der Waals surface area contributed by atoms with E-state index in [2.05, 4.69) is 51.1 Å². The van der Waals surface area contributed by atoms with Crippen molar-refractivity contribution in [2.75, 3.05) is 0 Å². The fraction of sp³-hybridized carbons (Fsp3) is 0.571. The second kappa shape index (κ2) is 11.9. The van der Waals surface area contributed by atoms with Gasteiger partial charge >= 0.3 is 148 Å². The molecule has 0 aromatic heterocycles. The fourth-order valence-corrected chi connectivity index (χ4v) is 18.9. The average Bonchev–Trinajstić information content (AvgIpc) is 2.60. The van der Waals surface area contributed by atoms with E-state index in [4.69, 9.17) is 0 Å². The Kier molecular flexibility index (Phi) is 10.6. The predicted octanol–water partition coefficient (Wildman–Crippen LogP) is 6.66. The third-order valence-corrected chi connectivity index (χ3v) is 20.4. The van der Waals surface area contributed by atoms with E-state index in [1.165, 1.54) is 67.3 Å². The topological polar surface area (TPSA) is 17.1 Å². The summed E-state index contributed by atoms with van der Waals surface area (Å²) in [5.41, 5.74) is 1.19. The first kappa shape index (κ1) is 20.5. The van der Waals surface area contributed by atoms with Gasteiger partial charge in [0.05, 0.1) is 0 Å². The van der Waals surface area contributed by atoms with E-state index in [9.17, 15) is 4.79 Å². The third kappa shape index (κ3) is 6.82. The van der Waals surface area contributed by atoms with E-state index in [0.29, 0.717) is 0 Å². The molecule has 1 nitrogen and oxygen atoms in total. The van der Waals surface area contributed by atoms with Crippen molar-refractivity contribution < 1.29 is 4.79 Å². The summed E-state index contributed by atoms with van der Waals surface area (Å²) in [5.74, 6) is 0. The first-order chi connectivity index (χ1) is 11.2. The van der Waals surface area contributed by atoms with Crippen LogP contribution < -0.4 is 0 Å². The molecule has 0 radical (unpaired) electrons. The minimum atomic E-state index is -2.57. The van der Waals surface area contributed by atoms with Crippen molar-refractivity contribution in [1.82, 2.24) is 0 Å². The molecule has 0 saturated carbocycles. The van der Waals surface area contributed by atoms with E-state index >= 15 is 0 Å². The van der Waals surface area contributed by atoms with Crippen LogP contribution in [-0.2, 0) is 4.79 Å². The monoisotopic (exact) mass is 422 g/mol. The van der Waals surface area contributed by atoms with Crippen LogP contribution in [0.3, 0.4) is 0 Å². The molecule has 0 atom stereocenters. The summed E-state index contributed by atoms with van der Waals surface area (Å²) >= 11 is -2.57. The van der Waals surface area contributed by atoms with E-state index in [0.717, 1.165) is 0 Å². The Labute approximate surface area is 147 Å². The molecule has 0 aliphatic rings. The van der Waals surface area contributed by atoms with Crippen LogP contribution in [0.5, 0.6) is 0 Å². The molecule has 0 spiro atoms. The van der Waals surface area contributed by atoms with Crippen molar-refractivity contribution in [3.8, 4) is 0 Å². The van der Waals surface area contributed by atoms with Crippen molar-refractivity contribution in [3.63, 3.8) is 0 Å². The van der Waals surface area contributed by atoms with E-state index < -0.39 is 18.4 Å². The molecule has 0 N–H and O–H groups in total. The summed E-state index contributed by atoms with van der Waals surface area (Å²) in [7, 11) is 0. The number of aldehydes is 1. The first-order valence-corrected chi connectivity index (χ1v) is 16.9. The Hall–Kier alpha value is -0.571. The zero-order valence-corrected chi connectivity index (χ0v) is 18.2. The second-order valence-corrected chi connectivity index (χ2v) is 20.0. The molecule has 0 amide bonds. The molecule has 0 aliphatic carbocycles. The van der Waals surface area contributed by atoms with Crippen LogP contribution in [0, 0.1) is 0 Å². The Balaban J connectivity index is 3.18. The zero-order valence-electron chi connectivity index (χ0n) is 15.3. The Morgan fingerprint density at radius 2 is 1.35 bits per heavy atom. The van der Waals surface area contributed by atoms with Gasteiger partial charge in [0.15, 0.2) is 0 Å². The number of unbranched alkanes of at least 4 members (excludes halogenated alkanes) is 3. The summed E-state index contributed by atoms with van der Waals surface area (Å²) < 4.78 is 5.27. The summed E-state index contributed by atoms with van der Waals surface area (Å²) in [6.07, 6.45) is 11.1. The van der Waals surface area contributed by atoms with Crippen LogP contribution in [0.1, 0.15) is 64.9 Å². The molecule has 0 unspecified atom stereocenters. The maximum atomic E-state index is 12.0. The number of benzene rings is 1. The van der Waals surface area contributed by atoms with Gasteiger partial charge in [-0.1, -0.05) is 0 Å². The van der Waals surface area contributed by atoms with Crippen LogP contribution in [0.25, 0.3) is 6.08 Å². The molecule has 0 saturated heterocycles. The summed E-state index contributed by atoms with van der Waals surface area (Å²) in [4.78, 5) is 12.0. The minimum absolute atomic E-state index is 1.19. The second-order valence-electron chi connectivity index (χ2n) is 6.72. The van der Waals surface area contributed by atoms with E-state index in [1.54, 1.807) is 0 Å².